The third kappa shape index (κ3) is 1.26. The van der Waals surface area contributed by atoms with Crippen LogP contribution in [0.4, 0.5) is 0 Å². The van der Waals surface area contributed by atoms with Crippen molar-refractivity contribution >= 4 is 11.9 Å². The molecule has 0 radical (unpaired) electrons. The van der Waals surface area contributed by atoms with Gasteiger partial charge in [0.2, 0.25) is 0 Å². The minimum Gasteiger partial charge on any atom is -0.478 e. The highest BCUT2D eigenvalue weighted by molar-refractivity contribution is 5.97. The number of aromatic nitrogens is 1. The van der Waals surface area contributed by atoms with Crippen molar-refractivity contribution in [1.29, 1.82) is 0 Å². The first kappa shape index (κ1) is 10.3. The van der Waals surface area contributed by atoms with Crippen molar-refractivity contribution < 1.29 is 19.8 Å². The maximum absolute atomic E-state index is 10.8. The standard InChI is InChI=1S/C9H11NO4/c1-4-6(8(11)12)5(2)10(3)7(4)9(13)14/h1-3H3,(H,11,12)(H,13,14). The van der Waals surface area contributed by atoms with Crippen LogP contribution in [0.2, 0.25) is 0 Å². The molecule has 5 heteroatoms. The molecule has 1 aromatic heterocycles. The third-order valence-electron chi connectivity index (χ3n) is 2.35. The van der Waals surface area contributed by atoms with Crippen molar-refractivity contribution in [3.63, 3.8) is 0 Å². The average molecular weight is 197 g/mol. The van der Waals surface area contributed by atoms with E-state index < -0.39 is 11.9 Å². The van der Waals surface area contributed by atoms with Crippen LogP contribution in [0.5, 0.6) is 0 Å². The highest BCUT2D eigenvalue weighted by atomic mass is 16.4. The molecule has 1 aromatic rings. The highest BCUT2D eigenvalue weighted by Gasteiger charge is 2.23. The van der Waals surface area contributed by atoms with E-state index in [1.54, 1.807) is 6.92 Å². The van der Waals surface area contributed by atoms with Crippen LogP contribution in [0.15, 0.2) is 0 Å². The first-order valence-electron chi connectivity index (χ1n) is 4.00. The van der Waals surface area contributed by atoms with E-state index in [-0.39, 0.29) is 11.3 Å². The molecule has 1 rings (SSSR count). The zero-order valence-corrected chi connectivity index (χ0v) is 8.16. The molecule has 14 heavy (non-hydrogen) atoms. The van der Waals surface area contributed by atoms with Gasteiger partial charge in [-0.15, -0.1) is 0 Å². The summed E-state index contributed by atoms with van der Waals surface area (Å²) in [4.78, 5) is 21.6. The van der Waals surface area contributed by atoms with E-state index in [1.807, 2.05) is 0 Å². The zero-order chi connectivity index (χ0) is 11.0. The van der Waals surface area contributed by atoms with Crippen molar-refractivity contribution in [2.45, 2.75) is 13.8 Å². The SMILES string of the molecule is Cc1c(C(=O)O)c(C)n(C)c1C(=O)O. The largest absolute Gasteiger partial charge is 0.478 e. The third-order valence-corrected chi connectivity index (χ3v) is 2.35. The fourth-order valence-electron chi connectivity index (χ4n) is 1.60. The molecule has 0 unspecified atom stereocenters. The predicted molar refractivity (Wildman–Crippen MR) is 48.8 cm³/mol. The van der Waals surface area contributed by atoms with E-state index in [2.05, 4.69) is 0 Å². The van der Waals surface area contributed by atoms with E-state index in [4.69, 9.17) is 10.2 Å². The lowest BCUT2D eigenvalue weighted by atomic mass is 10.1. The topological polar surface area (TPSA) is 79.5 Å². The Hall–Kier alpha value is -1.78. The Morgan fingerprint density at radius 3 is 1.86 bits per heavy atom. The second-order valence-electron chi connectivity index (χ2n) is 3.10. The molecule has 0 spiro atoms. The Kier molecular flexibility index (Phi) is 2.33. The Balaban J connectivity index is 3.57. The van der Waals surface area contributed by atoms with Crippen molar-refractivity contribution in [3.05, 3.63) is 22.5 Å². The average Bonchev–Trinajstić information content (AvgIpc) is 2.23. The first-order valence-corrected chi connectivity index (χ1v) is 4.00. The first-order chi connectivity index (χ1) is 6.37. The van der Waals surface area contributed by atoms with E-state index in [0.29, 0.717) is 11.3 Å². The molecule has 1 heterocycles. The smallest absolute Gasteiger partial charge is 0.352 e. The molecule has 0 saturated carbocycles. The van der Waals surface area contributed by atoms with Crippen LogP contribution in [-0.4, -0.2) is 26.7 Å². The van der Waals surface area contributed by atoms with Gasteiger partial charge in [0.25, 0.3) is 0 Å². The summed E-state index contributed by atoms with van der Waals surface area (Å²) < 4.78 is 1.38. The fraction of sp³-hybridized carbons (Fsp3) is 0.333. The van der Waals surface area contributed by atoms with Crippen LogP contribution >= 0.6 is 0 Å². The number of aromatic carboxylic acids is 2. The summed E-state index contributed by atoms with van der Waals surface area (Å²) in [6.45, 7) is 3.09. The highest BCUT2D eigenvalue weighted by Crippen LogP contribution is 2.20. The summed E-state index contributed by atoms with van der Waals surface area (Å²) in [5, 5.41) is 17.7. The molecule has 0 aromatic carbocycles. The van der Waals surface area contributed by atoms with Gasteiger partial charge in [0.05, 0.1) is 5.56 Å². The number of carboxylic acids is 2. The van der Waals surface area contributed by atoms with Crippen LogP contribution < -0.4 is 0 Å². The second kappa shape index (κ2) is 3.17. The quantitative estimate of drug-likeness (QED) is 0.742. The van der Waals surface area contributed by atoms with E-state index in [0.717, 1.165) is 0 Å². The van der Waals surface area contributed by atoms with E-state index in [9.17, 15) is 9.59 Å². The Bertz CT molecular complexity index is 379. The van der Waals surface area contributed by atoms with E-state index in [1.165, 1.54) is 18.5 Å². The van der Waals surface area contributed by atoms with Crippen molar-refractivity contribution in [3.8, 4) is 0 Å². The van der Waals surface area contributed by atoms with Crippen LogP contribution in [0, 0.1) is 13.8 Å². The van der Waals surface area contributed by atoms with Gasteiger partial charge in [-0.3, -0.25) is 0 Å². The minimum atomic E-state index is -1.11. The monoisotopic (exact) mass is 197 g/mol. The van der Waals surface area contributed by atoms with Gasteiger partial charge in [0.1, 0.15) is 5.69 Å². The molecule has 0 bridgehead atoms. The van der Waals surface area contributed by atoms with Gasteiger partial charge in [-0.25, -0.2) is 9.59 Å². The number of rotatable bonds is 2. The lowest BCUT2D eigenvalue weighted by molar-refractivity contribution is 0.0682. The summed E-state index contributed by atoms with van der Waals surface area (Å²) in [5.41, 5.74) is 0.849. The summed E-state index contributed by atoms with van der Waals surface area (Å²) in [7, 11) is 1.54. The number of hydrogen-bond donors (Lipinski definition) is 2. The van der Waals surface area contributed by atoms with Crippen LogP contribution in [0.3, 0.4) is 0 Å². The van der Waals surface area contributed by atoms with Crippen LogP contribution in [0.1, 0.15) is 32.1 Å². The molecule has 0 aliphatic heterocycles. The Morgan fingerprint density at radius 1 is 1.14 bits per heavy atom. The van der Waals surface area contributed by atoms with Gasteiger partial charge in [-0.05, 0) is 19.4 Å². The zero-order valence-electron chi connectivity index (χ0n) is 8.16. The predicted octanol–water partition coefficient (Wildman–Crippen LogP) is 1.04. The van der Waals surface area contributed by atoms with Gasteiger partial charge < -0.3 is 14.8 Å². The molecular weight excluding hydrogens is 186 g/mol. The van der Waals surface area contributed by atoms with Crippen molar-refractivity contribution in [1.82, 2.24) is 4.57 Å². The second-order valence-corrected chi connectivity index (χ2v) is 3.10. The van der Waals surface area contributed by atoms with E-state index >= 15 is 0 Å². The summed E-state index contributed by atoms with van der Waals surface area (Å²) in [6, 6.07) is 0. The van der Waals surface area contributed by atoms with Crippen molar-refractivity contribution in [2.75, 3.05) is 0 Å². The normalized spacial score (nSPS) is 10.2. The van der Waals surface area contributed by atoms with Gasteiger partial charge in [-0.2, -0.15) is 0 Å². The molecule has 0 aliphatic carbocycles. The number of nitrogens with zero attached hydrogens (tertiary/aromatic N) is 1. The lowest BCUT2D eigenvalue weighted by Crippen LogP contribution is -2.06. The summed E-state index contributed by atoms with van der Waals surface area (Å²) in [5.74, 6) is -2.20. The molecule has 5 nitrogen and oxygen atoms in total. The molecule has 0 amide bonds. The molecule has 0 atom stereocenters. The maximum Gasteiger partial charge on any atom is 0.352 e. The number of hydrogen-bond acceptors (Lipinski definition) is 2. The van der Waals surface area contributed by atoms with Crippen LogP contribution in [0.25, 0.3) is 0 Å². The maximum atomic E-state index is 10.8. The molecule has 0 saturated heterocycles. The van der Waals surface area contributed by atoms with Gasteiger partial charge in [-0.1, -0.05) is 0 Å². The summed E-state index contributed by atoms with van der Waals surface area (Å²) >= 11 is 0. The fourth-order valence-corrected chi connectivity index (χ4v) is 1.60. The molecule has 0 aliphatic rings. The summed E-state index contributed by atoms with van der Waals surface area (Å²) in [6.07, 6.45) is 0. The number of carbonyl (C=O) groups is 2. The Labute approximate surface area is 80.6 Å². The van der Waals surface area contributed by atoms with Crippen molar-refractivity contribution in [2.24, 2.45) is 7.05 Å². The molecule has 2 N–H and O–H groups in total. The number of carboxylic acid groups (broad SMARTS) is 2. The van der Waals surface area contributed by atoms with Gasteiger partial charge in [0.15, 0.2) is 0 Å². The lowest BCUT2D eigenvalue weighted by Gasteiger charge is -1.99. The minimum absolute atomic E-state index is 0.0277. The Morgan fingerprint density at radius 2 is 1.64 bits per heavy atom. The van der Waals surface area contributed by atoms with Gasteiger partial charge in [0, 0.05) is 12.7 Å². The molecule has 0 fully saturated rings. The van der Waals surface area contributed by atoms with Crippen LogP contribution in [-0.2, 0) is 7.05 Å². The molecular formula is C9H11NO4. The van der Waals surface area contributed by atoms with Gasteiger partial charge >= 0.3 is 11.9 Å². The molecule has 76 valence electrons.